The third-order valence-corrected chi connectivity index (χ3v) is 8.84. The Hall–Kier alpha value is -4.17. The van der Waals surface area contributed by atoms with Crippen molar-refractivity contribution in [2.24, 2.45) is 5.16 Å². The number of hydrogen-bond donors (Lipinski definition) is 5. The van der Waals surface area contributed by atoms with E-state index < -0.39 is 35.3 Å². The van der Waals surface area contributed by atoms with E-state index in [9.17, 15) is 29.4 Å². The van der Waals surface area contributed by atoms with Crippen molar-refractivity contribution in [2.45, 2.75) is 49.5 Å². The molecule has 1 fully saturated rings. The van der Waals surface area contributed by atoms with Gasteiger partial charge in [-0.25, -0.2) is 9.36 Å². The first-order valence-electron chi connectivity index (χ1n) is 12.1. The van der Waals surface area contributed by atoms with Crippen molar-refractivity contribution >= 4 is 81.3 Å². The molecule has 224 valence electrons. The first-order valence-corrected chi connectivity index (χ1v) is 14.9. The predicted molar refractivity (Wildman–Crippen MR) is 150 cm³/mol. The number of nitrogens with one attached hydrogen (secondary N) is 1. The normalized spacial score (nSPS) is 17.8. The highest BCUT2D eigenvalue weighted by atomic mass is 32.2. The van der Waals surface area contributed by atoms with Crippen LogP contribution in [-0.2, 0) is 24.0 Å². The van der Waals surface area contributed by atoms with Crippen LogP contribution in [0.5, 0.6) is 0 Å². The summed E-state index contributed by atoms with van der Waals surface area (Å²) in [5.41, 5.74) is 15.9. The van der Waals surface area contributed by atoms with Gasteiger partial charge in [0, 0.05) is 23.0 Å². The maximum Gasteiger partial charge on any atom is 0.350 e. The lowest BCUT2D eigenvalue weighted by atomic mass is 10.1. The Labute approximate surface area is 250 Å². The van der Waals surface area contributed by atoms with Crippen molar-refractivity contribution in [3.8, 4) is 0 Å². The van der Waals surface area contributed by atoms with E-state index in [4.69, 9.17) is 22.0 Å². The molecule has 4 rings (SSSR count). The van der Waals surface area contributed by atoms with E-state index in [1.807, 2.05) is 0 Å². The van der Waals surface area contributed by atoms with Crippen LogP contribution in [0.1, 0.15) is 39.2 Å². The van der Waals surface area contributed by atoms with Gasteiger partial charge in [-0.2, -0.15) is 9.36 Å². The number of fused-ring (bicyclic) bond motifs is 1. The molecule has 1 saturated heterocycles. The van der Waals surface area contributed by atoms with Crippen molar-refractivity contribution < 1.29 is 38.8 Å². The SMILES string of the molecule is CC(NC(=O)/C(=N\OC(C)(C)C(=O)O)c1nsc(N)n1)[n+]1c(N)cc(N)nc1SCC1=C(C(=O)[O-])N2C(=O)CC2SC1. The number of carbonyl (C=O) groups is 4. The molecule has 42 heavy (non-hydrogen) atoms. The zero-order chi connectivity index (χ0) is 30.9. The van der Waals surface area contributed by atoms with Crippen molar-refractivity contribution in [1.29, 1.82) is 0 Å². The Kier molecular flexibility index (Phi) is 8.78. The molecule has 0 saturated carbocycles. The van der Waals surface area contributed by atoms with Gasteiger partial charge in [0.05, 0.1) is 29.5 Å². The Morgan fingerprint density at radius 3 is 2.67 bits per heavy atom. The molecule has 0 spiro atoms. The largest absolute Gasteiger partial charge is 0.543 e. The highest BCUT2D eigenvalue weighted by Gasteiger charge is 2.43. The average Bonchev–Trinajstić information content (AvgIpc) is 3.31. The van der Waals surface area contributed by atoms with Crippen LogP contribution in [0.25, 0.3) is 0 Å². The van der Waals surface area contributed by atoms with Gasteiger partial charge in [0.15, 0.2) is 11.3 Å². The maximum atomic E-state index is 13.3. The maximum absolute atomic E-state index is 13.3. The Morgan fingerprint density at radius 1 is 1.36 bits per heavy atom. The smallest absolute Gasteiger partial charge is 0.350 e. The van der Waals surface area contributed by atoms with Crippen LogP contribution in [0.15, 0.2) is 27.6 Å². The third kappa shape index (κ3) is 6.34. The average molecular weight is 639 g/mol. The number of amides is 2. The molecule has 0 bridgehead atoms. The van der Waals surface area contributed by atoms with Crippen LogP contribution in [-0.4, -0.2) is 76.3 Å². The Balaban J connectivity index is 1.60. The van der Waals surface area contributed by atoms with E-state index in [0.717, 1.165) is 23.3 Å². The molecular formula is C22H26N10O7S3. The number of nitrogens with zero attached hydrogens (tertiary/aromatic N) is 6. The number of anilines is 3. The lowest BCUT2D eigenvalue weighted by molar-refractivity contribution is -0.747. The molecule has 4 heterocycles. The zero-order valence-corrected chi connectivity index (χ0v) is 24.8. The van der Waals surface area contributed by atoms with Crippen LogP contribution >= 0.6 is 35.1 Å². The van der Waals surface area contributed by atoms with Gasteiger partial charge in [-0.3, -0.25) is 14.5 Å². The summed E-state index contributed by atoms with van der Waals surface area (Å²) in [7, 11) is 0. The van der Waals surface area contributed by atoms with Gasteiger partial charge in [-0.05, 0) is 38.1 Å². The highest BCUT2D eigenvalue weighted by molar-refractivity contribution is 8.00. The van der Waals surface area contributed by atoms with Crippen LogP contribution < -0.4 is 32.2 Å². The molecule has 0 radical (unpaired) electrons. The number of thioether (sulfide) groups is 2. The van der Waals surface area contributed by atoms with Crippen LogP contribution in [0.4, 0.5) is 16.8 Å². The van der Waals surface area contributed by atoms with Gasteiger partial charge >= 0.3 is 11.1 Å². The minimum Gasteiger partial charge on any atom is -0.543 e. The van der Waals surface area contributed by atoms with E-state index in [1.165, 1.54) is 41.1 Å². The van der Waals surface area contributed by atoms with E-state index >= 15 is 0 Å². The standard InChI is InChI=1S/C22H26N10O7S3/c1-8(26-17(34)14(16-28-20(25)42-30-16)29-39-22(2,3)19(37)38)31-11(24)4-10(23)27-21(31)41-7-9-6-40-13-5-12(33)32(13)15(9)18(35)36/h4,8,13H,5-7H2,1-3H3,(H8,23,24,25,26,28,30,34,35,36,37,38)/b29-14-. The van der Waals surface area contributed by atoms with Gasteiger partial charge in [0.2, 0.25) is 34.7 Å². The van der Waals surface area contributed by atoms with Gasteiger partial charge < -0.3 is 42.4 Å². The third-order valence-electron chi connectivity index (χ3n) is 5.98. The minimum absolute atomic E-state index is 0.0356. The number of aliphatic carboxylic acids is 2. The number of carboxylic acid groups (broad SMARTS) is 2. The fourth-order valence-electron chi connectivity index (χ4n) is 3.79. The summed E-state index contributed by atoms with van der Waals surface area (Å²) in [6.45, 7) is 4.05. The second kappa shape index (κ2) is 12.0. The number of nitrogen functional groups attached to an aromatic ring is 3. The Morgan fingerprint density at radius 2 is 2.07 bits per heavy atom. The van der Waals surface area contributed by atoms with Crippen LogP contribution in [0, 0.1) is 0 Å². The molecule has 8 N–H and O–H groups in total. The van der Waals surface area contributed by atoms with Gasteiger partial charge in [-0.1, -0.05) is 10.1 Å². The topological polar surface area (TPSA) is 269 Å². The fraction of sp³-hybridized carbons (Fsp3) is 0.409. The van der Waals surface area contributed by atoms with Gasteiger partial charge in [-0.15, -0.1) is 11.8 Å². The number of β-lactam (4-membered cyclic amide) rings is 1. The van der Waals surface area contributed by atoms with E-state index in [-0.39, 0.29) is 56.9 Å². The first kappa shape index (κ1) is 30.8. The monoisotopic (exact) mass is 638 g/mol. The lowest BCUT2D eigenvalue weighted by Crippen LogP contribution is -2.56. The molecule has 20 heteroatoms. The fourth-order valence-corrected chi connectivity index (χ4v) is 6.73. The molecule has 2 aliphatic heterocycles. The van der Waals surface area contributed by atoms with Crippen molar-refractivity contribution in [2.75, 3.05) is 28.7 Å². The molecule has 2 unspecified atom stereocenters. The molecule has 2 aliphatic rings. The van der Waals surface area contributed by atoms with Gasteiger partial charge in [0.1, 0.15) is 0 Å². The van der Waals surface area contributed by atoms with Crippen LogP contribution in [0.3, 0.4) is 0 Å². The molecular weight excluding hydrogens is 613 g/mol. The zero-order valence-electron chi connectivity index (χ0n) is 22.4. The summed E-state index contributed by atoms with van der Waals surface area (Å²) < 4.78 is 5.41. The van der Waals surface area contributed by atoms with Crippen LogP contribution in [0.2, 0.25) is 0 Å². The summed E-state index contributed by atoms with van der Waals surface area (Å²) in [5.74, 6) is -3.46. The molecule has 2 amide bonds. The minimum atomic E-state index is -1.78. The second-order valence-corrected chi connectivity index (χ2v) is 12.4. The number of oxime groups is 1. The molecule has 0 aliphatic carbocycles. The summed E-state index contributed by atoms with van der Waals surface area (Å²) >= 11 is 3.33. The number of carboxylic acids is 2. The van der Waals surface area contributed by atoms with Crippen molar-refractivity contribution in [1.82, 2.24) is 24.6 Å². The first-order chi connectivity index (χ1) is 19.7. The number of rotatable bonds is 11. The molecule has 17 nitrogen and oxygen atoms in total. The molecule has 2 aromatic rings. The summed E-state index contributed by atoms with van der Waals surface area (Å²) in [5, 5.41) is 27.6. The van der Waals surface area contributed by atoms with E-state index in [1.54, 1.807) is 6.92 Å². The quantitative estimate of drug-likeness (QED) is 0.0458. The lowest BCUT2D eigenvalue weighted by Gasteiger charge is -2.45. The van der Waals surface area contributed by atoms with Crippen molar-refractivity contribution in [3.05, 3.63) is 23.2 Å². The predicted octanol–water partition coefficient (Wildman–Crippen LogP) is -1.71. The van der Waals surface area contributed by atoms with E-state index in [2.05, 4.69) is 24.8 Å². The van der Waals surface area contributed by atoms with Gasteiger partial charge in [0.25, 0.3) is 5.91 Å². The summed E-state index contributed by atoms with van der Waals surface area (Å²) in [4.78, 5) is 63.3. The molecule has 2 atom stereocenters. The summed E-state index contributed by atoms with van der Waals surface area (Å²) in [6, 6.07) is 1.37. The number of carbonyl (C=O) groups excluding carboxylic acids is 3. The number of aromatic nitrogens is 4. The molecule has 0 aromatic carbocycles. The molecule has 2 aromatic heterocycles. The number of hydrogen-bond acceptors (Lipinski definition) is 16. The Bertz CT molecular complexity index is 1530. The number of nitrogens with two attached hydrogens (primary N) is 3. The van der Waals surface area contributed by atoms with E-state index in [0.29, 0.717) is 11.3 Å². The highest BCUT2D eigenvalue weighted by Crippen LogP contribution is 2.40. The van der Waals surface area contributed by atoms with Crippen molar-refractivity contribution in [3.63, 3.8) is 0 Å². The second-order valence-electron chi connectivity index (χ2n) is 9.47. The summed E-state index contributed by atoms with van der Waals surface area (Å²) in [6.07, 6.45) is -0.641.